The van der Waals surface area contributed by atoms with E-state index in [0.717, 1.165) is 12.5 Å². The number of likely N-dealkylation sites (tertiary alicyclic amines) is 1. The molecule has 23 heavy (non-hydrogen) atoms. The molecule has 2 fully saturated rings. The first kappa shape index (κ1) is 16.5. The van der Waals surface area contributed by atoms with E-state index in [9.17, 15) is 4.79 Å². The highest BCUT2D eigenvalue weighted by molar-refractivity contribution is 5.78. The number of rotatable bonds is 5. The summed E-state index contributed by atoms with van der Waals surface area (Å²) in [5.41, 5.74) is 0. The summed E-state index contributed by atoms with van der Waals surface area (Å²) < 4.78 is 1.94. The number of nitrogens with one attached hydrogen (secondary N) is 1. The number of nitrogens with zero attached hydrogens (tertiary/aromatic N) is 3. The van der Waals surface area contributed by atoms with Crippen LogP contribution in [-0.4, -0.2) is 45.8 Å². The van der Waals surface area contributed by atoms with E-state index in [-0.39, 0.29) is 18.0 Å². The molecule has 128 valence electrons. The summed E-state index contributed by atoms with van der Waals surface area (Å²) in [5, 5.41) is 7.70. The lowest BCUT2D eigenvalue weighted by Gasteiger charge is -2.44. The monoisotopic (exact) mass is 318 g/mol. The zero-order valence-electron chi connectivity index (χ0n) is 14.4. The Morgan fingerprint density at radius 1 is 1.26 bits per heavy atom. The maximum atomic E-state index is 12.7. The van der Waals surface area contributed by atoms with E-state index >= 15 is 0 Å². The summed E-state index contributed by atoms with van der Waals surface area (Å²) in [6.07, 6.45) is 11.4. The Balaban J connectivity index is 1.52. The molecular formula is C18H30N4O. The normalized spacial score (nSPS) is 27.3. The van der Waals surface area contributed by atoms with Crippen molar-refractivity contribution in [2.75, 3.05) is 13.1 Å². The highest BCUT2D eigenvalue weighted by Gasteiger charge is 2.35. The lowest BCUT2D eigenvalue weighted by molar-refractivity contribution is -0.136. The lowest BCUT2D eigenvalue weighted by Crippen LogP contribution is -2.53. The minimum Gasteiger partial charge on any atom is -0.338 e. The molecule has 1 aromatic rings. The molecule has 1 N–H and O–H groups in total. The molecule has 0 spiro atoms. The van der Waals surface area contributed by atoms with Crippen LogP contribution < -0.4 is 5.32 Å². The molecule has 2 aliphatic rings. The molecule has 3 rings (SSSR count). The fourth-order valence-corrected chi connectivity index (χ4v) is 4.21. The first-order valence-corrected chi connectivity index (χ1v) is 9.19. The fourth-order valence-electron chi connectivity index (χ4n) is 4.21. The van der Waals surface area contributed by atoms with Crippen LogP contribution in [0.2, 0.25) is 0 Å². The van der Waals surface area contributed by atoms with Crippen LogP contribution >= 0.6 is 0 Å². The van der Waals surface area contributed by atoms with Gasteiger partial charge < -0.3 is 10.2 Å². The van der Waals surface area contributed by atoms with E-state index in [1.165, 1.54) is 38.5 Å². The number of aromatic nitrogens is 2. The zero-order valence-corrected chi connectivity index (χ0v) is 14.4. The van der Waals surface area contributed by atoms with Gasteiger partial charge in [0.15, 0.2) is 0 Å². The topological polar surface area (TPSA) is 50.2 Å². The Kier molecular flexibility index (Phi) is 5.36. The van der Waals surface area contributed by atoms with Crippen LogP contribution in [0.1, 0.15) is 58.4 Å². The highest BCUT2D eigenvalue weighted by atomic mass is 16.2. The van der Waals surface area contributed by atoms with Gasteiger partial charge in [-0.05, 0) is 51.5 Å². The van der Waals surface area contributed by atoms with E-state index in [2.05, 4.69) is 29.2 Å². The standard InChI is InChI=1S/C18H30N4O/c1-14(15(2)22-12-6-10-20-22)19-13-18(23)21-11-5-8-16-7-3-4-9-17(16)21/h6,10,12,14-17,19H,3-5,7-9,11,13H2,1-2H3. The molecule has 0 bridgehead atoms. The molecule has 2 heterocycles. The van der Waals surface area contributed by atoms with Gasteiger partial charge in [0.2, 0.25) is 5.91 Å². The van der Waals surface area contributed by atoms with Crippen LogP contribution in [-0.2, 0) is 4.79 Å². The van der Waals surface area contributed by atoms with Crippen molar-refractivity contribution >= 4 is 5.91 Å². The largest absolute Gasteiger partial charge is 0.338 e. The summed E-state index contributed by atoms with van der Waals surface area (Å²) in [6.45, 7) is 5.65. The predicted octanol–water partition coefficient (Wildman–Crippen LogP) is 2.60. The minimum atomic E-state index is 0.214. The van der Waals surface area contributed by atoms with Crippen molar-refractivity contribution in [1.29, 1.82) is 0 Å². The second-order valence-corrected chi connectivity index (χ2v) is 7.24. The number of carbonyl (C=O) groups excluding carboxylic acids is 1. The quantitative estimate of drug-likeness (QED) is 0.908. The lowest BCUT2D eigenvalue weighted by atomic mass is 9.78. The zero-order chi connectivity index (χ0) is 16.2. The molecule has 0 aromatic carbocycles. The van der Waals surface area contributed by atoms with Crippen molar-refractivity contribution in [3.8, 4) is 0 Å². The van der Waals surface area contributed by atoms with Gasteiger partial charge in [-0.25, -0.2) is 0 Å². The Labute approximate surface area is 139 Å². The molecule has 4 unspecified atom stereocenters. The van der Waals surface area contributed by atoms with Gasteiger partial charge in [0.05, 0.1) is 12.6 Å². The molecule has 1 aliphatic carbocycles. The maximum absolute atomic E-state index is 12.7. The molecule has 5 nitrogen and oxygen atoms in total. The first-order valence-electron chi connectivity index (χ1n) is 9.19. The van der Waals surface area contributed by atoms with Gasteiger partial charge >= 0.3 is 0 Å². The number of carbonyl (C=O) groups is 1. The number of piperidine rings is 1. The predicted molar refractivity (Wildman–Crippen MR) is 91.1 cm³/mol. The molecular weight excluding hydrogens is 288 g/mol. The van der Waals surface area contributed by atoms with Crippen LogP contribution in [0.15, 0.2) is 18.5 Å². The summed E-state index contributed by atoms with van der Waals surface area (Å²) in [6, 6.07) is 2.89. The number of hydrogen-bond acceptors (Lipinski definition) is 3. The third-order valence-electron chi connectivity index (χ3n) is 5.80. The van der Waals surface area contributed by atoms with Crippen molar-refractivity contribution in [2.45, 2.75) is 70.5 Å². The van der Waals surface area contributed by atoms with Crippen molar-refractivity contribution in [2.24, 2.45) is 5.92 Å². The van der Waals surface area contributed by atoms with Crippen LogP contribution in [0, 0.1) is 5.92 Å². The smallest absolute Gasteiger partial charge is 0.236 e. The average Bonchev–Trinajstić information content (AvgIpc) is 3.12. The molecule has 1 aliphatic heterocycles. The van der Waals surface area contributed by atoms with Crippen molar-refractivity contribution in [1.82, 2.24) is 20.0 Å². The summed E-state index contributed by atoms with van der Waals surface area (Å²) >= 11 is 0. The summed E-state index contributed by atoms with van der Waals surface area (Å²) in [4.78, 5) is 14.9. The Morgan fingerprint density at radius 2 is 2.04 bits per heavy atom. The van der Waals surface area contributed by atoms with Gasteiger partial charge in [-0.1, -0.05) is 12.8 Å². The third kappa shape index (κ3) is 3.77. The van der Waals surface area contributed by atoms with Crippen LogP contribution in [0.5, 0.6) is 0 Å². The van der Waals surface area contributed by atoms with E-state index in [4.69, 9.17) is 0 Å². The van der Waals surface area contributed by atoms with E-state index < -0.39 is 0 Å². The average molecular weight is 318 g/mol. The van der Waals surface area contributed by atoms with Gasteiger partial charge in [0.25, 0.3) is 0 Å². The van der Waals surface area contributed by atoms with E-state index in [1.807, 2.05) is 16.9 Å². The molecule has 0 radical (unpaired) electrons. The van der Waals surface area contributed by atoms with Crippen molar-refractivity contribution in [3.63, 3.8) is 0 Å². The van der Waals surface area contributed by atoms with Gasteiger partial charge in [0.1, 0.15) is 0 Å². The molecule has 1 saturated carbocycles. The highest BCUT2D eigenvalue weighted by Crippen LogP contribution is 2.35. The Bertz CT molecular complexity index is 499. The van der Waals surface area contributed by atoms with Crippen molar-refractivity contribution in [3.05, 3.63) is 18.5 Å². The van der Waals surface area contributed by atoms with Gasteiger partial charge in [0, 0.05) is 31.0 Å². The van der Waals surface area contributed by atoms with Crippen molar-refractivity contribution < 1.29 is 4.79 Å². The fraction of sp³-hybridized carbons (Fsp3) is 0.778. The maximum Gasteiger partial charge on any atom is 0.236 e. The molecule has 4 atom stereocenters. The second-order valence-electron chi connectivity index (χ2n) is 7.24. The van der Waals surface area contributed by atoms with Gasteiger partial charge in [-0.15, -0.1) is 0 Å². The first-order chi connectivity index (χ1) is 11.2. The van der Waals surface area contributed by atoms with Crippen LogP contribution in [0.3, 0.4) is 0 Å². The molecule has 5 heteroatoms. The Morgan fingerprint density at radius 3 is 2.83 bits per heavy atom. The number of amides is 1. The van der Waals surface area contributed by atoms with Gasteiger partial charge in [-0.2, -0.15) is 5.10 Å². The third-order valence-corrected chi connectivity index (χ3v) is 5.80. The molecule has 1 saturated heterocycles. The Hall–Kier alpha value is -1.36. The number of fused-ring (bicyclic) bond motifs is 1. The van der Waals surface area contributed by atoms with Gasteiger partial charge in [-0.3, -0.25) is 9.48 Å². The molecule has 1 aromatic heterocycles. The SMILES string of the molecule is CC(NCC(=O)N1CCCC2CCCCC21)C(C)n1cccn1. The number of hydrogen-bond donors (Lipinski definition) is 1. The summed E-state index contributed by atoms with van der Waals surface area (Å²) in [7, 11) is 0. The van der Waals surface area contributed by atoms with Crippen LogP contribution in [0.4, 0.5) is 0 Å². The molecule has 1 amide bonds. The minimum absolute atomic E-state index is 0.214. The van der Waals surface area contributed by atoms with E-state index in [1.54, 1.807) is 6.20 Å². The second kappa shape index (κ2) is 7.47. The van der Waals surface area contributed by atoms with E-state index in [0.29, 0.717) is 12.6 Å². The van der Waals surface area contributed by atoms with Crippen LogP contribution in [0.25, 0.3) is 0 Å². The summed E-state index contributed by atoms with van der Waals surface area (Å²) in [5.74, 6) is 1.03.